The fraction of sp³-hybridized carbons (Fsp3) is 0.281. The molecule has 0 atom stereocenters. The fourth-order valence-corrected chi connectivity index (χ4v) is 18.1. The predicted molar refractivity (Wildman–Crippen MR) is 550 cm³/mol. The third kappa shape index (κ3) is 16.8. The van der Waals surface area contributed by atoms with Crippen LogP contribution in [-0.2, 0) is 43.3 Å². The van der Waals surface area contributed by atoms with Crippen LogP contribution in [0.25, 0.3) is 182 Å². The average Bonchev–Trinajstić information content (AvgIpc) is 1.57. The van der Waals surface area contributed by atoms with E-state index in [9.17, 15) is 0 Å². The van der Waals surface area contributed by atoms with Crippen LogP contribution in [0.1, 0.15) is 256 Å². The molecule has 0 fully saturated rings. The molecule has 13 aromatic rings. The SMILES string of the molecule is CC(C)(C)c1cc(-c2c3nc(c(-c4ccc(-c5c6nc(c(-c7cc(C(C)(C)C)cc(C(C)(C)C)c7)c7ccc([nH]7)c(-c7ccc(I)cc7)c7nc(c(-c8cc(C(C)(C)C)cc(C(C)(C)C)c8)c8ccc5[nH]8)C=C7)C=C6)cc4)c4ccc([nH]4)c(-c4cc(C(C)(C)C)cc(C(C)(C)C)c4)c4nc(c(-c5ccc(I)cc5)c5ccc2[nH]5)C=C4)C=C3)cc(C(C)(C)C)c1. The molecule has 17 rings (SSSR count). The Hall–Kier alpha value is -10.8. The van der Waals surface area contributed by atoms with Crippen molar-refractivity contribution >= 4 is 138 Å². The Balaban J connectivity index is 0.987. The largest absolute Gasteiger partial charge is 0.354 e. The molecule has 8 nitrogen and oxygen atoms in total. The van der Waals surface area contributed by atoms with Gasteiger partial charge in [-0.25, -0.2) is 19.9 Å². The lowest BCUT2D eigenvalue weighted by Gasteiger charge is -2.26. The number of H-pyrrole nitrogens is 4. The minimum atomic E-state index is -0.157. The molecule has 10 heterocycles. The van der Waals surface area contributed by atoms with E-state index in [4.69, 9.17) is 19.9 Å². The van der Waals surface area contributed by atoms with E-state index in [1.165, 1.54) is 44.5 Å². The maximum absolute atomic E-state index is 5.97. The summed E-state index contributed by atoms with van der Waals surface area (Å²) in [5.41, 5.74) is 39.7. The van der Waals surface area contributed by atoms with Crippen molar-refractivity contribution in [1.29, 1.82) is 0 Å². The molecule has 16 bridgehead atoms. The van der Waals surface area contributed by atoms with Crippen LogP contribution in [0.2, 0.25) is 0 Å². The molecule has 0 saturated heterocycles. The lowest BCUT2D eigenvalue weighted by Crippen LogP contribution is -2.16. The molecule has 124 heavy (non-hydrogen) atoms. The van der Waals surface area contributed by atoms with Crippen molar-refractivity contribution in [3.05, 3.63) is 291 Å². The molecule has 4 aliphatic heterocycles. The van der Waals surface area contributed by atoms with E-state index in [0.29, 0.717) is 0 Å². The molecule has 4 aliphatic rings. The van der Waals surface area contributed by atoms with E-state index in [0.717, 1.165) is 186 Å². The van der Waals surface area contributed by atoms with Crippen molar-refractivity contribution in [2.75, 3.05) is 0 Å². The van der Waals surface area contributed by atoms with Gasteiger partial charge in [-0.15, -0.1) is 0 Å². The number of benzene rings is 7. The van der Waals surface area contributed by atoms with Crippen molar-refractivity contribution in [3.63, 3.8) is 0 Å². The smallest absolute Gasteiger partial charge is 0.0737 e. The third-order valence-electron chi connectivity index (χ3n) is 25.1. The van der Waals surface area contributed by atoms with Crippen LogP contribution in [0, 0.1) is 7.14 Å². The van der Waals surface area contributed by atoms with Crippen LogP contribution in [0.4, 0.5) is 0 Å². The van der Waals surface area contributed by atoms with Crippen LogP contribution >= 0.6 is 45.2 Å². The van der Waals surface area contributed by atoms with Crippen molar-refractivity contribution in [1.82, 2.24) is 39.9 Å². The maximum atomic E-state index is 5.97. The highest BCUT2D eigenvalue weighted by Gasteiger charge is 2.31. The number of nitrogens with one attached hydrogen (secondary N) is 4. The van der Waals surface area contributed by atoms with Crippen molar-refractivity contribution in [3.8, 4) is 89.0 Å². The van der Waals surface area contributed by atoms with E-state index in [1.807, 2.05) is 0 Å². The summed E-state index contributed by atoms with van der Waals surface area (Å²) >= 11 is 4.83. The van der Waals surface area contributed by atoms with E-state index < -0.39 is 0 Å². The maximum Gasteiger partial charge on any atom is 0.0737 e. The van der Waals surface area contributed by atoms with Gasteiger partial charge in [0.05, 0.1) is 45.6 Å². The van der Waals surface area contributed by atoms with E-state index in [1.54, 1.807) is 0 Å². The monoisotopic (exact) mass is 1850 g/mol. The lowest BCUT2D eigenvalue weighted by atomic mass is 9.78. The second kappa shape index (κ2) is 31.1. The van der Waals surface area contributed by atoms with E-state index >= 15 is 0 Å². The third-order valence-corrected chi connectivity index (χ3v) is 26.5. The van der Waals surface area contributed by atoms with Crippen LogP contribution < -0.4 is 0 Å². The summed E-state index contributed by atoms with van der Waals surface area (Å²) in [6.45, 7) is 55.6. The Labute approximate surface area is 761 Å². The molecule has 626 valence electrons. The van der Waals surface area contributed by atoms with Crippen LogP contribution in [0.15, 0.2) is 194 Å². The number of rotatable bonds is 8. The molecule has 10 heteroatoms. The van der Waals surface area contributed by atoms with Gasteiger partial charge in [-0.2, -0.15) is 0 Å². The zero-order valence-corrected chi connectivity index (χ0v) is 81.0. The first-order chi connectivity index (χ1) is 58.2. The summed E-state index contributed by atoms with van der Waals surface area (Å²) in [5, 5.41) is 0. The van der Waals surface area contributed by atoms with Gasteiger partial charge < -0.3 is 19.9 Å². The summed E-state index contributed by atoms with van der Waals surface area (Å²) < 4.78 is 2.32. The standard InChI is InChI=1S/C114H116I2N8/c1-107(2,3)73-53-69(54-74(61-73)108(4,5)6)103-91-45-37-83(117-91)99(84-38-46-92(118-84)104(70-55-75(109(7,8)9)62-76(56-70)110(10,11)12)96-50-42-88(122-96)101(87-41-49-95(103)121-87)67-29-33-81(115)34-30-67)65-25-27-66(28-26-65)100-85-39-47-93(119-85)105(71-57-77(111(13,14)15)63-78(58-71)112(16,17)18)97-51-43-89(123-97)102(68-31-35-82(116)36-32-68)90-44-52-98(124-90)106(94-48-40-86(100)120-94)72-59-79(113(19,20)21)64-80(60-72)114(22,23)24/h25-64,117,119,122,124H,1-24H3. The normalized spacial score (nSPS) is 13.4. The molecule has 0 aliphatic carbocycles. The highest BCUT2D eigenvalue weighted by Crippen LogP contribution is 2.48. The second-order valence-electron chi connectivity index (χ2n) is 42.8. The first-order valence-corrected chi connectivity index (χ1v) is 46.0. The summed E-state index contributed by atoms with van der Waals surface area (Å²) in [7, 11) is 0. The Morgan fingerprint density at radius 2 is 0.298 bits per heavy atom. The molecular weight excluding hydrogens is 1740 g/mol. The van der Waals surface area contributed by atoms with Gasteiger partial charge in [0, 0.05) is 95.8 Å². The van der Waals surface area contributed by atoms with Gasteiger partial charge >= 0.3 is 0 Å². The molecule has 6 aromatic heterocycles. The van der Waals surface area contributed by atoms with Crippen molar-refractivity contribution < 1.29 is 0 Å². The average molecular weight is 1850 g/mol. The Morgan fingerprint density at radius 1 is 0.169 bits per heavy atom. The number of hydrogen-bond acceptors (Lipinski definition) is 4. The molecule has 4 N–H and O–H groups in total. The molecule has 0 radical (unpaired) electrons. The van der Waals surface area contributed by atoms with Gasteiger partial charge in [-0.1, -0.05) is 287 Å². The highest BCUT2D eigenvalue weighted by atomic mass is 127. The van der Waals surface area contributed by atoms with Gasteiger partial charge in [-0.3, -0.25) is 0 Å². The summed E-state index contributed by atoms with van der Waals surface area (Å²) in [6.07, 6.45) is 17.8. The van der Waals surface area contributed by atoms with Crippen LogP contribution in [-0.4, -0.2) is 39.9 Å². The van der Waals surface area contributed by atoms with Crippen LogP contribution in [0.3, 0.4) is 0 Å². The quantitative estimate of drug-likeness (QED) is 0.113. The number of aromatic amines is 4. The van der Waals surface area contributed by atoms with Gasteiger partial charge in [0.25, 0.3) is 0 Å². The van der Waals surface area contributed by atoms with Gasteiger partial charge in [0.1, 0.15) is 0 Å². The van der Waals surface area contributed by atoms with Gasteiger partial charge in [0.15, 0.2) is 0 Å². The molecule has 7 aromatic carbocycles. The molecule has 0 saturated carbocycles. The van der Waals surface area contributed by atoms with Crippen LogP contribution in [0.5, 0.6) is 0 Å². The number of nitrogens with zero attached hydrogens (tertiary/aromatic N) is 4. The predicted octanol–water partition coefficient (Wildman–Crippen LogP) is 32.5. The van der Waals surface area contributed by atoms with Crippen molar-refractivity contribution in [2.45, 2.75) is 209 Å². The number of halogens is 2. The Bertz CT molecular complexity index is 6320. The Kier molecular flexibility index (Phi) is 21.4. The molecule has 0 spiro atoms. The summed E-state index contributed by atoms with van der Waals surface area (Å²) in [4.78, 5) is 40.1. The summed E-state index contributed by atoms with van der Waals surface area (Å²) in [6, 6.07) is 73.8. The topological polar surface area (TPSA) is 115 Å². The van der Waals surface area contributed by atoms with E-state index in [-0.39, 0.29) is 43.3 Å². The Morgan fingerprint density at radius 3 is 0.435 bits per heavy atom. The molecule has 0 unspecified atom stereocenters. The lowest BCUT2D eigenvalue weighted by molar-refractivity contribution is 0.568. The van der Waals surface area contributed by atoms with Gasteiger partial charge in [0.2, 0.25) is 0 Å². The second-order valence-corrected chi connectivity index (χ2v) is 45.3. The molecule has 0 amide bonds. The fourth-order valence-electron chi connectivity index (χ4n) is 17.4. The number of fused-ring (bicyclic) bond motifs is 16. The minimum absolute atomic E-state index is 0.157. The van der Waals surface area contributed by atoms with Gasteiger partial charge in [-0.05, 0) is 299 Å². The zero-order chi connectivity index (χ0) is 88.2. The highest BCUT2D eigenvalue weighted by molar-refractivity contribution is 14.1. The zero-order valence-electron chi connectivity index (χ0n) is 76.6. The number of aromatic nitrogens is 8. The summed E-state index contributed by atoms with van der Waals surface area (Å²) in [5.74, 6) is 0. The minimum Gasteiger partial charge on any atom is -0.354 e. The number of hydrogen-bond donors (Lipinski definition) is 4. The van der Waals surface area contributed by atoms with E-state index in [2.05, 4.69) is 474 Å². The van der Waals surface area contributed by atoms with Crippen molar-refractivity contribution in [2.24, 2.45) is 0 Å². The molecular formula is C114H116I2N8. The first-order valence-electron chi connectivity index (χ1n) is 43.8. The first kappa shape index (κ1) is 85.4.